The zero-order valence-electron chi connectivity index (χ0n) is 9.52. The highest BCUT2D eigenvalue weighted by Crippen LogP contribution is 2.37. The van der Waals surface area contributed by atoms with Crippen LogP contribution in [0.3, 0.4) is 0 Å². The molecule has 1 aromatic rings. The molecule has 2 rings (SSSR count). The van der Waals surface area contributed by atoms with E-state index in [0.717, 1.165) is 12.8 Å². The predicted octanol–water partition coefficient (Wildman–Crippen LogP) is 4.17. The zero-order chi connectivity index (χ0) is 11.3. The largest absolute Gasteiger partial charge is 0.197 e. The van der Waals surface area contributed by atoms with Crippen LogP contribution < -0.4 is 0 Å². The molecule has 1 saturated carbocycles. The fourth-order valence-electron chi connectivity index (χ4n) is 2.32. The lowest BCUT2D eigenvalue weighted by Gasteiger charge is -2.27. The molecule has 0 saturated heterocycles. The van der Waals surface area contributed by atoms with E-state index in [9.17, 15) is 5.26 Å². The number of hydrogen-bond acceptors (Lipinski definition) is 1. The minimum Gasteiger partial charge on any atom is -0.197 e. The Bertz CT molecular complexity index is 391. The van der Waals surface area contributed by atoms with Crippen molar-refractivity contribution in [3.63, 3.8) is 0 Å². The fraction of sp³-hybridized carbons (Fsp3) is 0.400. The maximum Gasteiger partial charge on any atom is 0.0756 e. The van der Waals surface area contributed by atoms with Crippen molar-refractivity contribution in [2.45, 2.75) is 32.1 Å². The lowest BCUT2D eigenvalue weighted by Crippen LogP contribution is -2.18. The topological polar surface area (TPSA) is 23.8 Å². The second kappa shape index (κ2) is 4.99. The summed E-state index contributed by atoms with van der Waals surface area (Å²) in [5.41, 5.74) is 0.983. The second-order valence-electron chi connectivity index (χ2n) is 4.57. The third kappa shape index (κ3) is 2.52. The van der Waals surface area contributed by atoms with Crippen molar-refractivity contribution in [3.05, 3.63) is 42.0 Å². The summed E-state index contributed by atoms with van der Waals surface area (Å²) in [7, 11) is 0. The number of nitriles is 1. The van der Waals surface area contributed by atoms with Gasteiger partial charge in [0.15, 0.2) is 0 Å². The average Bonchev–Trinajstić information content (AvgIpc) is 2.39. The highest BCUT2D eigenvalue weighted by Gasteiger charge is 2.28. The minimum atomic E-state index is -0.200. The Kier molecular flexibility index (Phi) is 3.41. The van der Waals surface area contributed by atoms with Gasteiger partial charge in [0.2, 0.25) is 0 Å². The van der Waals surface area contributed by atoms with E-state index in [1.54, 1.807) is 0 Å². The summed E-state index contributed by atoms with van der Waals surface area (Å²) in [6, 6.07) is 12.7. The molecule has 0 aromatic heterocycles. The quantitative estimate of drug-likeness (QED) is 0.720. The summed E-state index contributed by atoms with van der Waals surface area (Å²) in [5, 5.41) is 9.32. The SMILES string of the molecule is N#CC1(/C=C\c2ccccc2)CCCCC1. The van der Waals surface area contributed by atoms with Gasteiger partial charge in [-0.2, -0.15) is 5.26 Å². The van der Waals surface area contributed by atoms with Crippen LogP contribution >= 0.6 is 0 Å². The monoisotopic (exact) mass is 211 g/mol. The zero-order valence-corrected chi connectivity index (χ0v) is 9.52. The molecular weight excluding hydrogens is 194 g/mol. The van der Waals surface area contributed by atoms with Crippen LogP contribution in [-0.2, 0) is 0 Å². The van der Waals surface area contributed by atoms with Crippen LogP contribution in [-0.4, -0.2) is 0 Å². The van der Waals surface area contributed by atoms with E-state index < -0.39 is 0 Å². The van der Waals surface area contributed by atoms with Crippen molar-refractivity contribution >= 4 is 6.08 Å². The molecule has 1 nitrogen and oxygen atoms in total. The highest BCUT2D eigenvalue weighted by molar-refractivity contribution is 5.50. The van der Waals surface area contributed by atoms with Gasteiger partial charge in [-0.1, -0.05) is 61.7 Å². The molecule has 0 spiro atoms. The van der Waals surface area contributed by atoms with Gasteiger partial charge >= 0.3 is 0 Å². The van der Waals surface area contributed by atoms with Gasteiger partial charge in [0.05, 0.1) is 11.5 Å². The molecule has 82 valence electrons. The average molecular weight is 211 g/mol. The van der Waals surface area contributed by atoms with Crippen LogP contribution in [0.15, 0.2) is 36.4 Å². The summed E-state index contributed by atoms with van der Waals surface area (Å²) < 4.78 is 0. The Morgan fingerprint density at radius 1 is 1.06 bits per heavy atom. The van der Waals surface area contributed by atoms with Gasteiger partial charge in [0.1, 0.15) is 0 Å². The van der Waals surface area contributed by atoms with Gasteiger partial charge in [-0.05, 0) is 18.4 Å². The minimum absolute atomic E-state index is 0.200. The molecule has 0 atom stereocenters. The molecule has 0 unspecified atom stereocenters. The standard InChI is InChI=1S/C15H17N/c16-13-15(10-5-2-6-11-15)12-9-14-7-3-1-4-8-14/h1,3-4,7-9,12H,2,5-6,10-11H2/b12-9-. The predicted molar refractivity (Wildman–Crippen MR) is 66.6 cm³/mol. The van der Waals surface area contributed by atoms with Gasteiger partial charge < -0.3 is 0 Å². The summed E-state index contributed by atoms with van der Waals surface area (Å²) in [4.78, 5) is 0. The van der Waals surface area contributed by atoms with Crippen LogP contribution in [0.2, 0.25) is 0 Å². The van der Waals surface area contributed by atoms with E-state index >= 15 is 0 Å². The Morgan fingerprint density at radius 3 is 2.38 bits per heavy atom. The normalized spacial score (nSPS) is 19.4. The van der Waals surface area contributed by atoms with Crippen molar-refractivity contribution in [1.29, 1.82) is 5.26 Å². The van der Waals surface area contributed by atoms with Crippen molar-refractivity contribution in [2.75, 3.05) is 0 Å². The van der Waals surface area contributed by atoms with E-state index in [2.05, 4.69) is 30.4 Å². The second-order valence-corrected chi connectivity index (χ2v) is 4.57. The lowest BCUT2D eigenvalue weighted by atomic mass is 9.75. The Morgan fingerprint density at radius 2 is 1.75 bits per heavy atom. The van der Waals surface area contributed by atoms with Gasteiger partial charge in [-0.25, -0.2) is 0 Å². The summed E-state index contributed by atoms with van der Waals surface area (Å²) in [6.07, 6.45) is 9.90. The Labute approximate surface area is 97.4 Å². The number of benzene rings is 1. The third-order valence-electron chi connectivity index (χ3n) is 3.36. The molecule has 16 heavy (non-hydrogen) atoms. The maximum absolute atomic E-state index is 9.32. The lowest BCUT2D eigenvalue weighted by molar-refractivity contribution is 0.337. The summed E-state index contributed by atoms with van der Waals surface area (Å²) in [6.45, 7) is 0. The highest BCUT2D eigenvalue weighted by atomic mass is 14.4. The van der Waals surface area contributed by atoms with E-state index in [0.29, 0.717) is 0 Å². The first-order valence-electron chi connectivity index (χ1n) is 6.00. The van der Waals surface area contributed by atoms with Crippen molar-refractivity contribution in [1.82, 2.24) is 0 Å². The third-order valence-corrected chi connectivity index (χ3v) is 3.36. The van der Waals surface area contributed by atoms with E-state index in [1.807, 2.05) is 18.2 Å². The fourth-order valence-corrected chi connectivity index (χ4v) is 2.32. The van der Waals surface area contributed by atoms with Gasteiger partial charge in [-0.15, -0.1) is 0 Å². The van der Waals surface area contributed by atoms with Crippen LogP contribution in [0.1, 0.15) is 37.7 Å². The molecular formula is C15H17N. The van der Waals surface area contributed by atoms with Gasteiger partial charge in [0, 0.05) is 0 Å². The molecule has 0 heterocycles. The number of allylic oxidation sites excluding steroid dienone is 1. The van der Waals surface area contributed by atoms with Crippen molar-refractivity contribution in [3.8, 4) is 6.07 Å². The molecule has 1 aliphatic rings. The van der Waals surface area contributed by atoms with E-state index in [1.165, 1.54) is 24.8 Å². The summed E-state index contributed by atoms with van der Waals surface area (Å²) >= 11 is 0. The van der Waals surface area contributed by atoms with Crippen molar-refractivity contribution in [2.24, 2.45) is 5.41 Å². The molecule has 0 N–H and O–H groups in total. The first-order chi connectivity index (χ1) is 7.85. The number of nitrogens with zero attached hydrogens (tertiary/aromatic N) is 1. The van der Waals surface area contributed by atoms with E-state index in [4.69, 9.17) is 0 Å². The first kappa shape index (κ1) is 11.0. The molecule has 1 aliphatic carbocycles. The number of rotatable bonds is 2. The first-order valence-corrected chi connectivity index (χ1v) is 6.00. The summed E-state index contributed by atoms with van der Waals surface area (Å²) in [5.74, 6) is 0. The molecule has 0 aliphatic heterocycles. The molecule has 1 fully saturated rings. The molecule has 0 radical (unpaired) electrons. The molecule has 0 bridgehead atoms. The van der Waals surface area contributed by atoms with Crippen LogP contribution in [0.25, 0.3) is 6.08 Å². The molecule has 1 aromatic carbocycles. The Hall–Kier alpha value is -1.55. The van der Waals surface area contributed by atoms with Crippen LogP contribution in [0.4, 0.5) is 0 Å². The van der Waals surface area contributed by atoms with Gasteiger partial charge in [-0.3, -0.25) is 0 Å². The Balaban J connectivity index is 2.13. The maximum atomic E-state index is 9.32. The van der Waals surface area contributed by atoms with Crippen LogP contribution in [0, 0.1) is 16.7 Å². The molecule has 0 amide bonds. The van der Waals surface area contributed by atoms with Crippen LogP contribution in [0.5, 0.6) is 0 Å². The molecule has 1 heteroatoms. The van der Waals surface area contributed by atoms with Crippen molar-refractivity contribution < 1.29 is 0 Å². The van der Waals surface area contributed by atoms with Gasteiger partial charge in [0.25, 0.3) is 0 Å². The van der Waals surface area contributed by atoms with E-state index in [-0.39, 0.29) is 5.41 Å². The smallest absolute Gasteiger partial charge is 0.0756 e. The number of hydrogen-bond donors (Lipinski definition) is 0.